The zero-order valence-corrected chi connectivity index (χ0v) is 14.4. The Kier molecular flexibility index (Phi) is 5.77. The lowest BCUT2D eigenvalue weighted by Crippen LogP contribution is -2.19. The smallest absolute Gasteiger partial charge is 0.157 e. The van der Waals surface area contributed by atoms with Crippen LogP contribution in [0.25, 0.3) is 0 Å². The molecular formula is C19H25N3O2. The van der Waals surface area contributed by atoms with Crippen LogP contribution in [0.1, 0.15) is 42.3 Å². The summed E-state index contributed by atoms with van der Waals surface area (Å²) in [6.45, 7) is 2.43. The number of rotatable bonds is 6. The quantitative estimate of drug-likeness (QED) is 0.814. The predicted molar refractivity (Wildman–Crippen MR) is 92.7 cm³/mol. The number of benzene rings is 1. The van der Waals surface area contributed by atoms with Crippen LogP contribution in [-0.2, 0) is 17.8 Å². The molecular weight excluding hydrogens is 302 g/mol. The summed E-state index contributed by atoms with van der Waals surface area (Å²) in [5.74, 6) is 1.73. The Labute approximate surface area is 143 Å². The molecule has 0 spiro atoms. The Balaban J connectivity index is 1.59. The van der Waals surface area contributed by atoms with E-state index in [1.807, 2.05) is 30.6 Å². The van der Waals surface area contributed by atoms with Crippen molar-refractivity contribution in [2.24, 2.45) is 0 Å². The molecule has 0 amide bonds. The summed E-state index contributed by atoms with van der Waals surface area (Å²) in [7, 11) is 3.79. The molecule has 128 valence electrons. The van der Waals surface area contributed by atoms with Crippen molar-refractivity contribution in [1.29, 1.82) is 0 Å². The lowest BCUT2D eigenvalue weighted by atomic mass is 10.1. The maximum absolute atomic E-state index is 5.74. The molecule has 5 heteroatoms. The molecule has 1 unspecified atom stereocenters. The molecule has 1 atom stereocenters. The third-order valence-corrected chi connectivity index (χ3v) is 4.28. The number of hydrogen-bond acceptors (Lipinski definition) is 5. The first kappa shape index (κ1) is 16.9. The maximum atomic E-state index is 5.74. The number of hydrogen-bond donors (Lipinski definition) is 0. The second-order valence-electron chi connectivity index (χ2n) is 6.29. The first-order valence-electron chi connectivity index (χ1n) is 8.49. The molecule has 1 aliphatic heterocycles. The number of nitrogens with zero attached hydrogens (tertiary/aromatic N) is 3. The summed E-state index contributed by atoms with van der Waals surface area (Å²) < 4.78 is 11.2. The van der Waals surface area contributed by atoms with Gasteiger partial charge in [-0.2, -0.15) is 0 Å². The first-order chi connectivity index (χ1) is 11.8. The molecule has 1 aromatic carbocycles. The van der Waals surface area contributed by atoms with E-state index < -0.39 is 0 Å². The van der Waals surface area contributed by atoms with Gasteiger partial charge in [0.15, 0.2) is 5.82 Å². The van der Waals surface area contributed by atoms with E-state index >= 15 is 0 Å². The average Bonchev–Trinajstić information content (AvgIpc) is 2.63. The van der Waals surface area contributed by atoms with E-state index in [-0.39, 0.29) is 6.10 Å². The van der Waals surface area contributed by atoms with Crippen LogP contribution in [0.4, 0.5) is 0 Å². The minimum absolute atomic E-state index is 0.0686. The largest absolute Gasteiger partial charge is 0.496 e. The average molecular weight is 327 g/mol. The fourth-order valence-corrected chi connectivity index (χ4v) is 3.05. The van der Waals surface area contributed by atoms with Gasteiger partial charge in [0.1, 0.15) is 11.9 Å². The Morgan fingerprint density at radius 1 is 1.17 bits per heavy atom. The third-order valence-electron chi connectivity index (χ3n) is 4.28. The number of aromatic nitrogens is 2. The lowest BCUT2D eigenvalue weighted by Gasteiger charge is -2.21. The summed E-state index contributed by atoms with van der Waals surface area (Å²) in [5.41, 5.74) is 2.28. The third kappa shape index (κ3) is 4.30. The van der Waals surface area contributed by atoms with Gasteiger partial charge >= 0.3 is 0 Å². The van der Waals surface area contributed by atoms with E-state index in [9.17, 15) is 0 Å². The van der Waals surface area contributed by atoms with Crippen molar-refractivity contribution < 1.29 is 9.47 Å². The monoisotopic (exact) mass is 327 g/mol. The lowest BCUT2D eigenvalue weighted by molar-refractivity contribution is 0.00938. The van der Waals surface area contributed by atoms with E-state index in [0.717, 1.165) is 49.7 Å². The predicted octanol–water partition coefficient (Wildman–Crippen LogP) is 3.36. The summed E-state index contributed by atoms with van der Waals surface area (Å²) in [4.78, 5) is 11.2. The maximum Gasteiger partial charge on any atom is 0.157 e. The highest BCUT2D eigenvalue weighted by Crippen LogP contribution is 2.25. The van der Waals surface area contributed by atoms with Gasteiger partial charge in [0.05, 0.1) is 7.11 Å². The number of methoxy groups -OCH3 is 1. The van der Waals surface area contributed by atoms with Gasteiger partial charge in [0, 0.05) is 43.2 Å². The molecule has 0 bridgehead atoms. The molecule has 1 fully saturated rings. The molecule has 1 aromatic heterocycles. The van der Waals surface area contributed by atoms with Crippen LogP contribution >= 0.6 is 0 Å². The standard InChI is InChI=1S/C19H25N3O2/c1-22(14-16-7-3-4-8-17(16)23-2)13-15-11-20-19(21-12-15)18-9-5-6-10-24-18/h3-4,7-8,11-12,18H,5-6,9-10,13-14H2,1-2H3. The van der Waals surface area contributed by atoms with E-state index in [1.165, 1.54) is 12.0 Å². The Morgan fingerprint density at radius 3 is 2.67 bits per heavy atom. The molecule has 1 saturated heterocycles. The van der Waals surface area contributed by atoms with Crippen LogP contribution in [0.3, 0.4) is 0 Å². The zero-order valence-electron chi connectivity index (χ0n) is 14.4. The highest BCUT2D eigenvalue weighted by molar-refractivity contribution is 5.33. The van der Waals surface area contributed by atoms with Crippen LogP contribution < -0.4 is 4.74 Å². The first-order valence-corrected chi connectivity index (χ1v) is 8.49. The van der Waals surface area contributed by atoms with Gasteiger partial charge in [-0.15, -0.1) is 0 Å². The number of para-hydroxylation sites is 1. The molecule has 1 aliphatic rings. The van der Waals surface area contributed by atoms with Crippen molar-refractivity contribution in [2.75, 3.05) is 20.8 Å². The summed E-state index contributed by atoms with van der Waals surface area (Å²) in [5, 5.41) is 0. The zero-order chi connectivity index (χ0) is 16.8. The van der Waals surface area contributed by atoms with E-state index in [0.29, 0.717) is 0 Å². The second kappa shape index (κ2) is 8.22. The van der Waals surface area contributed by atoms with Crippen LogP contribution in [0.5, 0.6) is 5.75 Å². The Bertz CT molecular complexity index is 639. The van der Waals surface area contributed by atoms with Gasteiger partial charge < -0.3 is 9.47 Å². The minimum Gasteiger partial charge on any atom is -0.496 e. The van der Waals surface area contributed by atoms with Gasteiger partial charge in [-0.05, 0) is 32.4 Å². The molecule has 0 aliphatic carbocycles. The highest BCUT2D eigenvalue weighted by atomic mass is 16.5. The van der Waals surface area contributed by atoms with Gasteiger partial charge in [0.25, 0.3) is 0 Å². The van der Waals surface area contributed by atoms with Gasteiger partial charge in [0.2, 0.25) is 0 Å². The fraction of sp³-hybridized carbons (Fsp3) is 0.474. The van der Waals surface area contributed by atoms with Crippen LogP contribution in [-0.4, -0.2) is 35.6 Å². The van der Waals surface area contributed by atoms with Crippen molar-refractivity contribution in [3.05, 3.63) is 53.6 Å². The van der Waals surface area contributed by atoms with E-state index in [4.69, 9.17) is 9.47 Å². The van der Waals surface area contributed by atoms with Crippen LogP contribution in [0.2, 0.25) is 0 Å². The molecule has 0 radical (unpaired) electrons. The van der Waals surface area contributed by atoms with Crippen LogP contribution in [0, 0.1) is 0 Å². The normalized spacial score (nSPS) is 17.9. The molecule has 2 heterocycles. The SMILES string of the molecule is COc1ccccc1CN(C)Cc1cnc(C2CCCCO2)nc1. The van der Waals surface area contributed by atoms with Gasteiger partial charge in [-0.25, -0.2) is 9.97 Å². The van der Waals surface area contributed by atoms with Crippen molar-refractivity contribution in [2.45, 2.75) is 38.5 Å². The molecule has 3 rings (SSSR count). The summed E-state index contributed by atoms with van der Waals surface area (Å²) in [6, 6.07) is 8.11. The Morgan fingerprint density at radius 2 is 1.96 bits per heavy atom. The molecule has 0 N–H and O–H groups in total. The van der Waals surface area contributed by atoms with Crippen molar-refractivity contribution in [3.8, 4) is 5.75 Å². The molecule has 24 heavy (non-hydrogen) atoms. The van der Waals surface area contributed by atoms with Crippen molar-refractivity contribution in [3.63, 3.8) is 0 Å². The minimum atomic E-state index is 0.0686. The molecule has 5 nitrogen and oxygen atoms in total. The summed E-state index contributed by atoms with van der Waals surface area (Å²) in [6.07, 6.45) is 7.25. The second-order valence-corrected chi connectivity index (χ2v) is 6.29. The van der Waals surface area contributed by atoms with Crippen molar-refractivity contribution in [1.82, 2.24) is 14.9 Å². The fourth-order valence-electron chi connectivity index (χ4n) is 3.05. The van der Waals surface area contributed by atoms with Crippen molar-refractivity contribution >= 4 is 0 Å². The van der Waals surface area contributed by atoms with Gasteiger partial charge in [-0.3, -0.25) is 4.90 Å². The molecule has 0 saturated carbocycles. The van der Waals surface area contributed by atoms with E-state index in [1.54, 1.807) is 7.11 Å². The molecule has 2 aromatic rings. The summed E-state index contributed by atoms with van der Waals surface area (Å²) >= 11 is 0. The topological polar surface area (TPSA) is 47.5 Å². The van der Waals surface area contributed by atoms with E-state index in [2.05, 4.69) is 28.0 Å². The van der Waals surface area contributed by atoms with Gasteiger partial charge in [-0.1, -0.05) is 18.2 Å². The highest BCUT2D eigenvalue weighted by Gasteiger charge is 2.18. The van der Waals surface area contributed by atoms with Crippen LogP contribution in [0.15, 0.2) is 36.7 Å². The Hall–Kier alpha value is -1.98. The number of ether oxygens (including phenoxy) is 2.